The van der Waals surface area contributed by atoms with Gasteiger partial charge in [-0.1, -0.05) is 16.9 Å². The zero-order chi connectivity index (χ0) is 13.4. The first kappa shape index (κ1) is 12.1. The van der Waals surface area contributed by atoms with Gasteiger partial charge in [-0.2, -0.15) is 0 Å². The Kier molecular flexibility index (Phi) is 2.94. The number of aryl methyl sites for hydroxylation is 2. The topological polar surface area (TPSA) is 74.9 Å². The van der Waals surface area contributed by atoms with E-state index in [-0.39, 0.29) is 5.75 Å². The van der Waals surface area contributed by atoms with Crippen molar-refractivity contribution in [3.8, 4) is 5.75 Å². The maximum absolute atomic E-state index is 9.42. The van der Waals surface area contributed by atoms with Gasteiger partial charge in [-0.3, -0.25) is 0 Å². The second-order valence-electron chi connectivity index (χ2n) is 4.33. The van der Waals surface area contributed by atoms with E-state index in [2.05, 4.69) is 15.1 Å². The average Bonchev–Trinajstić information content (AvgIpc) is 2.91. The maximum Gasteiger partial charge on any atom is 0.166 e. The number of phenols is 1. The number of nitrogens with zero attached hydrogens (tertiary/aromatic N) is 2. The fourth-order valence-electron chi connectivity index (χ4n) is 1.89. The van der Waals surface area contributed by atoms with Gasteiger partial charge in [0.05, 0.1) is 16.7 Å². The zero-order valence-corrected chi connectivity index (χ0v) is 11.4. The molecule has 1 aromatic carbocycles. The lowest BCUT2D eigenvalue weighted by Gasteiger charge is -1.96. The minimum absolute atomic E-state index is 0.235. The predicted octanol–water partition coefficient (Wildman–Crippen LogP) is 3.17. The molecule has 0 saturated heterocycles. The van der Waals surface area contributed by atoms with Crippen LogP contribution in [0.2, 0.25) is 0 Å². The Morgan fingerprint density at radius 3 is 2.95 bits per heavy atom. The van der Waals surface area contributed by atoms with Crippen molar-refractivity contribution in [2.24, 2.45) is 0 Å². The van der Waals surface area contributed by atoms with Crippen molar-refractivity contribution in [1.29, 1.82) is 0 Å². The highest BCUT2D eigenvalue weighted by atomic mass is 32.2. The number of aromatic amines is 1. The Morgan fingerprint density at radius 2 is 2.21 bits per heavy atom. The summed E-state index contributed by atoms with van der Waals surface area (Å²) in [6.07, 6.45) is 0. The molecule has 0 aliphatic carbocycles. The first-order chi connectivity index (χ1) is 9.13. The largest absolute Gasteiger partial charge is 0.508 e. The fraction of sp³-hybridized carbons (Fsp3) is 0.231. The molecule has 0 bridgehead atoms. The van der Waals surface area contributed by atoms with Crippen LogP contribution in [-0.4, -0.2) is 20.2 Å². The van der Waals surface area contributed by atoms with E-state index >= 15 is 0 Å². The highest BCUT2D eigenvalue weighted by Gasteiger charge is 2.11. The first-order valence-corrected chi connectivity index (χ1v) is 6.85. The number of aromatic nitrogens is 3. The molecular formula is C13H13N3O2S. The lowest BCUT2D eigenvalue weighted by molar-refractivity contribution is 0.392. The number of aromatic hydroxyl groups is 1. The smallest absolute Gasteiger partial charge is 0.166 e. The number of nitrogens with one attached hydrogen (secondary N) is 1. The summed E-state index contributed by atoms with van der Waals surface area (Å²) in [5, 5.41) is 14.2. The average molecular weight is 275 g/mol. The predicted molar refractivity (Wildman–Crippen MR) is 73.3 cm³/mol. The van der Waals surface area contributed by atoms with Crippen molar-refractivity contribution < 1.29 is 9.63 Å². The third-order valence-corrected chi connectivity index (χ3v) is 3.88. The summed E-state index contributed by atoms with van der Waals surface area (Å²) in [6, 6.07) is 5.09. The molecule has 0 unspecified atom stereocenters. The highest BCUT2D eigenvalue weighted by molar-refractivity contribution is 7.98. The van der Waals surface area contributed by atoms with Crippen LogP contribution < -0.4 is 0 Å². The van der Waals surface area contributed by atoms with Crippen LogP contribution in [0.25, 0.3) is 11.0 Å². The number of imidazole rings is 1. The van der Waals surface area contributed by atoms with Gasteiger partial charge in [0.1, 0.15) is 11.5 Å². The number of fused-ring (bicyclic) bond motifs is 1. The van der Waals surface area contributed by atoms with Crippen LogP contribution in [-0.2, 0) is 5.75 Å². The van der Waals surface area contributed by atoms with Crippen LogP contribution in [0.15, 0.2) is 27.9 Å². The van der Waals surface area contributed by atoms with E-state index in [1.165, 1.54) is 0 Å². The van der Waals surface area contributed by atoms with Crippen molar-refractivity contribution >= 4 is 22.8 Å². The summed E-state index contributed by atoms with van der Waals surface area (Å²) in [4.78, 5) is 7.64. The molecule has 6 heteroatoms. The summed E-state index contributed by atoms with van der Waals surface area (Å²) in [5.74, 6) is 1.84. The Bertz CT molecular complexity index is 713. The number of rotatable bonds is 3. The Hall–Kier alpha value is -1.95. The molecule has 0 spiro atoms. The van der Waals surface area contributed by atoms with E-state index in [4.69, 9.17) is 4.52 Å². The third-order valence-electron chi connectivity index (χ3n) is 2.98. The number of hydrogen-bond acceptors (Lipinski definition) is 5. The van der Waals surface area contributed by atoms with Gasteiger partial charge < -0.3 is 14.6 Å². The lowest BCUT2D eigenvalue weighted by atomic mass is 10.2. The van der Waals surface area contributed by atoms with Gasteiger partial charge in [0.15, 0.2) is 5.16 Å². The molecule has 0 amide bonds. The highest BCUT2D eigenvalue weighted by Crippen LogP contribution is 2.27. The van der Waals surface area contributed by atoms with Crippen molar-refractivity contribution in [3.63, 3.8) is 0 Å². The third kappa shape index (κ3) is 2.31. The fourth-order valence-corrected chi connectivity index (χ4v) is 2.93. The Balaban J connectivity index is 1.82. The number of hydrogen-bond donors (Lipinski definition) is 2. The SMILES string of the molecule is Cc1noc(C)c1CSc1nc2ccc(O)cc2[nH]1. The standard InChI is InChI=1S/C13H13N3O2S/c1-7-10(8(2)18-16-7)6-19-13-14-11-4-3-9(17)5-12(11)15-13/h3-5,17H,6H2,1-2H3,(H,14,15). The minimum Gasteiger partial charge on any atom is -0.508 e. The molecular weight excluding hydrogens is 262 g/mol. The second-order valence-corrected chi connectivity index (χ2v) is 5.30. The molecule has 19 heavy (non-hydrogen) atoms. The van der Waals surface area contributed by atoms with E-state index in [0.29, 0.717) is 0 Å². The number of benzene rings is 1. The molecule has 0 aliphatic heterocycles. The molecule has 2 aromatic heterocycles. The molecule has 5 nitrogen and oxygen atoms in total. The second kappa shape index (κ2) is 4.62. The molecule has 2 heterocycles. The molecule has 3 aromatic rings. The number of phenolic OH excluding ortho intramolecular Hbond substituents is 1. The molecule has 3 rings (SSSR count). The van der Waals surface area contributed by atoms with Crippen molar-refractivity contribution in [1.82, 2.24) is 15.1 Å². The summed E-state index contributed by atoms with van der Waals surface area (Å²) >= 11 is 1.59. The monoisotopic (exact) mass is 275 g/mol. The van der Waals surface area contributed by atoms with E-state index in [1.807, 2.05) is 13.8 Å². The van der Waals surface area contributed by atoms with Gasteiger partial charge in [-0.15, -0.1) is 0 Å². The maximum atomic E-state index is 9.42. The molecule has 0 aliphatic rings. The summed E-state index contributed by atoms with van der Waals surface area (Å²) < 4.78 is 5.13. The van der Waals surface area contributed by atoms with Crippen LogP contribution in [0.3, 0.4) is 0 Å². The molecule has 0 radical (unpaired) electrons. The molecule has 98 valence electrons. The van der Waals surface area contributed by atoms with Crippen LogP contribution >= 0.6 is 11.8 Å². The van der Waals surface area contributed by atoms with Crippen LogP contribution in [0.4, 0.5) is 0 Å². The number of thioether (sulfide) groups is 1. The van der Waals surface area contributed by atoms with Crippen molar-refractivity contribution in [3.05, 3.63) is 35.2 Å². The normalized spacial score (nSPS) is 11.3. The van der Waals surface area contributed by atoms with Crippen molar-refractivity contribution in [2.45, 2.75) is 24.8 Å². The van der Waals surface area contributed by atoms with E-state index in [0.717, 1.165) is 39.0 Å². The van der Waals surface area contributed by atoms with E-state index in [9.17, 15) is 5.11 Å². The van der Waals surface area contributed by atoms with Crippen LogP contribution in [0.5, 0.6) is 5.75 Å². The van der Waals surface area contributed by atoms with Gasteiger partial charge in [-0.05, 0) is 26.0 Å². The van der Waals surface area contributed by atoms with Crippen molar-refractivity contribution in [2.75, 3.05) is 0 Å². The van der Waals surface area contributed by atoms with Gasteiger partial charge in [0.25, 0.3) is 0 Å². The van der Waals surface area contributed by atoms with E-state index < -0.39 is 0 Å². The van der Waals surface area contributed by atoms with Crippen LogP contribution in [0.1, 0.15) is 17.0 Å². The Morgan fingerprint density at radius 1 is 1.37 bits per heavy atom. The zero-order valence-electron chi connectivity index (χ0n) is 10.6. The van der Waals surface area contributed by atoms with Gasteiger partial charge in [0.2, 0.25) is 0 Å². The number of H-pyrrole nitrogens is 1. The summed E-state index contributed by atoms with van der Waals surface area (Å²) in [7, 11) is 0. The van der Waals surface area contributed by atoms with Gasteiger partial charge in [0, 0.05) is 17.4 Å². The van der Waals surface area contributed by atoms with E-state index in [1.54, 1.807) is 30.0 Å². The van der Waals surface area contributed by atoms with Gasteiger partial charge in [-0.25, -0.2) is 4.98 Å². The Labute approximate surface area is 114 Å². The lowest BCUT2D eigenvalue weighted by Crippen LogP contribution is -1.85. The van der Waals surface area contributed by atoms with Crippen LogP contribution in [0, 0.1) is 13.8 Å². The first-order valence-electron chi connectivity index (χ1n) is 5.87. The quantitative estimate of drug-likeness (QED) is 0.718. The van der Waals surface area contributed by atoms with Gasteiger partial charge >= 0.3 is 0 Å². The summed E-state index contributed by atoms with van der Waals surface area (Å²) in [5.41, 5.74) is 3.70. The summed E-state index contributed by atoms with van der Waals surface area (Å²) in [6.45, 7) is 3.84. The molecule has 2 N–H and O–H groups in total. The molecule has 0 atom stereocenters. The molecule has 0 fully saturated rings. The minimum atomic E-state index is 0.235. The molecule has 0 saturated carbocycles.